The molecule has 26 heavy (non-hydrogen) atoms. The van der Waals surface area contributed by atoms with Gasteiger partial charge in [0.2, 0.25) is 11.8 Å². The molecule has 0 saturated carbocycles. The van der Waals surface area contributed by atoms with Crippen LogP contribution in [0.1, 0.15) is 33.1 Å². The topological polar surface area (TPSA) is 81.0 Å². The number of hydrogen-bond acceptors (Lipinski definition) is 5. The van der Waals surface area contributed by atoms with Crippen LogP contribution in [0.5, 0.6) is 5.75 Å². The van der Waals surface area contributed by atoms with Crippen LogP contribution in [0.25, 0.3) is 10.2 Å². The highest BCUT2D eigenvalue weighted by Crippen LogP contribution is 2.27. The number of imide groups is 1. The summed E-state index contributed by atoms with van der Waals surface area (Å²) < 4.78 is 8.67. The van der Waals surface area contributed by atoms with Crippen LogP contribution in [0.4, 0.5) is 0 Å². The van der Waals surface area contributed by atoms with Crippen molar-refractivity contribution in [1.29, 1.82) is 0 Å². The van der Waals surface area contributed by atoms with Gasteiger partial charge in [0.25, 0.3) is 5.91 Å². The molecule has 1 fully saturated rings. The van der Waals surface area contributed by atoms with Crippen molar-refractivity contribution in [2.45, 2.75) is 39.7 Å². The van der Waals surface area contributed by atoms with Crippen molar-refractivity contribution >= 4 is 39.3 Å². The van der Waals surface area contributed by atoms with Crippen LogP contribution >= 0.6 is 11.3 Å². The van der Waals surface area contributed by atoms with E-state index in [4.69, 9.17) is 4.74 Å². The Labute approximate surface area is 154 Å². The third-order valence-electron chi connectivity index (χ3n) is 4.08. The molecule has 1 aliphatic rings. The lowest BCUT2D eigenvalue weighted by Gasteiger charge is -2.10. The van der Waals surface area contributed by atoms with E-state index in [1.54, 1.807) is 0 Å². The summed E-state index contributed by atoms with van der Waals surface area (Å²) in [5.74, 6) is -0.360. The van der Waals surface area contributed by atoms with Gasteiger partial charge in [0.15, 0.2) is 4.80 Å². The molecule has 2 heterocycles. The van der Waals surface area contributed by atoms with Crippen LogP contribution in [0, 0.1) is 0 Å². The quantitative estimate of drug-likeness (QED) is 0.724. The SMILES string of the molecule is CCCn1c(=NC(=O)CN2C(=O)CCC2=O)sc2cccc(OCC)c21. The summed E-state index contributed by atoms with van der Waals surface area (Å²) in [6.07, 6.45) is 1.21. The lowest BCUT2D eigenvalue weighted by molar-refractivity contribution is -0.141. The zero-order chi connectivity index (χ0) is 18.7. The summed E-state index contributed by atoms with van der Waals surface area (Å²) in [5, 5.41) is 0. The Bertz CT molecular complexity index is 912. The molecule has 1 saturated heterocycles. The van der Waals surface area contributed by atoms with Gasteiger partial charge in [-0.05, 0) is 25.5 Å². The Morgan fingerprint density at radius 2 is 1.96 bits per heavy atom. The van der Waals surface area contributed by atoms with Gasteiger partial charge >= 0.3 is 0 Å². The minimum atomic E-state index is -0.497. The number of carbonyl (C=O) groups excluding carboxylic acids is 3. The van der Waals surface area contributed by atoms with Gasteiger partial charge in [-0.15, -0.1) is 0 Å². The van der Waals surface area contributed by atoms with Gasteiger partial charge in [0.05, 0.1) is 11.3 Å². The Balaban J connectivity index is 2.00. The molecule has 3 amide bonds. The summed E-state index contributed by atoms with van der Waals surface area (Å²) >= 11 is 1.40. The highest BCUT2D eigenvalue weighted by Gasteiger charge is 2.30. The fourth-order valence-electron chi connectivity index (χ4n) is 2.96. The number of ether oxygens (including phenoxy) is 1. The number of rotatable bonds is 6. The van der Waals surface area contributed by atoms with Crippen molar-refractivity contribution < 1.29 is 19.1 Å². The van der Waals surface area contributed by atoms with Gasteiger partial charge in [-0.25, -0.2) is 0 Å². The molecule has 0 unspecified atom stereocenters. The summed E-state index contributed by atoms with van der Waals surface area (Å²) in [7, 11) is 0. The Morgan fingerprint density at radius 1 is 1.23 bits per heavy atom. The predicted octanol–water partition coefficient (Wildman–Crippen LogP) is 2.09. The maximum absolute atomic E-state index is 12.4. The van der Waals surface area contributed by atoms with Crippen molar-refractivity contribution in [3.63, 3.8) is 0 Å². The van der Waals surface area contributed by atoms with E-state index >= 15 is 0 Å². The molecule has 138 valence electrons. The molecule has 2 aromatic rings. The van der Waals surface area contributed by atoms with Crippen molar-refractivity contribution in [1.82, 2.24) is 9.47 Å². The molecule has 8 heteroatoms. The first kappa shape index (κ1) is 18.3. The zero-order valence-electron chi connectivity index (χ0n) is 14.9. The second kappa shape index (κ2) is 7.82. The maximum Gasteiger partial charge on any atom is 0.268 e. The Morgan fingerprint density at radius 3 is 2.62 bits per heavy atom. The van der Waals surface area contributed by atoms with Gasteiger partial charge in [-0.1, -0.05) is 24.3 Å². The fraction of sp³-hybridized carbons (Fsp3) is 0.444. The first-order chi connectivity index (χ1) is 12.5. The molecule has 0 aliphatic carbocycles. The molecule has 7 nitrogen and oxygen atoms in total. The number of thiazole rings is 1. The van der Waals surface area contributed by atoms with Crippen molar-refractivity contribution in [2.75, 3.05) is 13.2 Å². The minimum Gasteiger partial charge on any atom is -0.492 e. The first-order valence-corrected chi connectivity index (χ1v) is 9.52. The molecular formula is C18H21N3O4S. The molecule has 1 aromatic carbocycles. The number of aryl methyl sites for hydroxylation is 1. The molecule has 3 rings (SSSR count). The monoisotopic (exact) mass is 375 g/mol. The van der Waals surface area contributed by atoms with Gasteiger partial charge in [0.1, 0.15) is 17.8 Å². The number of fused-ring (bicyclic) bond motifs is 1. The summed E-state index contributed by atoms with van der Waals surface area (Å²) in [6, 6.07) is 5.77. The van der Waals surface area contributed by atoms with Crippen LogP contribution in [0.2, 0.25) is 0 Å². The van der Waals surface area contributed by atoms with Crippen LogP contribution in [0.3, 0.4) is 0 Å². The van der Waals surface area contributed by atoms with E-state index in [0.717, 1.165) is 27.3 Å². The van der Waals surface area contributed by atoms with Crippen LogP contribution < -0.4 is 9.54 Å². The van der Waals surface area contributed by atoms with Crippen LogP contribution in [-0.2, 0) is 20.9 Å². The molecule has 0 atom stereocenters. The lowest BCUT2D eigenvalue weighted by Crippen LogP contribution is -2.34. The Kier molecular flexibility index (Phi) is 5.51. The van der Waals surface area contributed by atoms with E-state index in [1.165, 1.54) is 11.3 Å². The fourth-order valence-corrected chi connectivity index (χ4v) is 4.05. The highest BCUT2D eigenvalue weighted by atomic mass is 32.1. The van der Waals surface area contributed by atoms with E-state index < -0.39 is 5.91 Å². The number of hydrogen-bond donors (Lipinski definition) is 0. The largest absolute Gasteiger partial charge is 0.492 e. The predicted molar refractivity (Wildman–Crippen MR) is 97.8 cm³/mol. The molecule has 1 aromatic heterocycles. The van der Waals surface area contributed by atoms with E-state index in [9.17, 15) is 14.4 Å². The average molecular weight is 375 g/mol. The number of para-hydroxylation sites is 1. The number of aromatic nitrogens is 1. The van der Waals surface area contributed by atoms with Gasteiger partial charge in [0, 0.05) is 19.4 Å². The van der Waals surface area contributed by atoms with E-state index in [1.807, 2.05) is 36.6 Å². The lowest BCUT2D eigenvalue weighted by atomic mass is 10.3. The van der Waals surface area contributed by atoms with Gasteiger partial charge < -0.3 is 9.30 Å². The van der Waals surface area contributed by atoms with E-state index in [2.05, 4.69) is 4.99 Å². The normalized spacial score (nSPS) is 15.3. The number of carbonyl (C=O) groups is 3. The highest BCUT2D eigenvalue weighted by molar-refractivity contribution is 7.16. The molecule has 0 N–H and O–H groups in total. The molecule has 1 aliphatic heterocycles. The van der Waals surface area contributed by atoms with Crippen molar-refractivity contribution in [2.24, 2.45) is 4.99 Å². The first-order valence-electron chi connectivity index (χ1n) is 8.71. The summed E-state index contributed by atoms with van der Waals surface area (Å²) in [5.41, 5.74) is 0.918. The van der Waals surface area contributed by atoms with Crippen LogP contribution in [-0.4, -0.2) is 40.3 Å². The summed E-state index contributed by atoms with van der Waals surface area (Å²) in [6.45, 7) is 4.92. The Hall–Kier alpha value is -2.48. The molecule has 0 bridgehead atoms. The van der Waals surface area contributed by atoms with E-state index in [0.29, 0.717) is 18.0 Å². The van der Waals surface area contributed by atoms with Gasteiger partial charge in [-0.2, -0.15) is 4.99 Å². The van der Waals surface area contributed by atoms with E-state index in [-0.39, 0.29) is 31.2 Å². The zero-order valence-corrected chi connectivity index (χ0v) is 15.7. The number of nitrogens with zero attached hydrogens (tertiary/aromatic N) is 3. The average Bonchev–Trinajstić information content (AvgIpc) is 3.11. The third-order valence-corrected chi connectivity index (χ3v) is 5.12. The number of likely N-dealkylation sites (tertiary alicyclic amines) is 1. The molecule has 0 radical (unpaired) electrons. The van der Waals surface area contributed by atoms with Crippen LogP contribution in [0.15, 0.2) is 23.2 Å². The second-order valence-corrected chi connectivity index (χ2v) is 6.96. The number of benzene rings is 1. The molecule has 0 spiro atoms. The van der Waals surface area contributed by atoms with Gasteiger partial charge in [-0.3, -0.25) is 19.3 Å². The standard InChI is InChI=1S/C18H21N3O4S/c1-3-10-20-17-12(25-4-2)6-5-7-13(17)26-18(20)19-14(22)11-21-15(23)8-9-16(21)24/h5-7H,3-4,8-11H2,1-2H3. The third kappa shape index (κ3) is 3.55. The number of amides is 3. The maximum atomic E-state index is 12.4. The molecular weight excluding hydrogens is 354 g/mol. The van der Waals surface area contributed by atoms with Crippen molar-refractivity contribution in [3.05, 3.63) is 23.0 Å². The summed E-state index contributed by atoms with van der Waals surface area (Å²) in [4.78, 5) is 41.5. The smallest absolute Gasteiger partial charge is 0.268 e. The minimum absolute atomic E-state index is 0.169. The van der Waals surface area contributed by atoms with Crippen molar-refractivity contribution in [3.8, 4) is 5.75 Å². The second-order valence-electron chi connectivity index (χ2n) is 5.95.